The summed E-state index contributed by atoms with van der Waals surface area (Å²) in [5.41, 5.74) is 1.13. The van der Waals surface area contributed by atoms with E-state index in [-0.39, 0.29) is 22.5 Å². The van der Waals surface area contributed by atoms with Crippen molar-refractivity contribution in [3.05, 3.63) is 23.3 Å². The number of rotatable bonds is 4. The van der Waals surface area contributed by atoms with Gasteiger partial charge in [-0.3, -0.25) is 0 Å². The summed E-state index contributed by atoms with van der Waals surface area (Å²) in [5.74, 6) is 0.176. The van der Waals surface area contributed by atoms with Crippen molar-refractivity contribution in [2.45, 2.75) is 41.6 Å². The molecule has 1 saturated carbocycles. The fourth-order valence-electron chi connectivity index (χ4n) is 3.62. The lowest BCUT2D eigenvalue weighted by Gasteiger charge is -2.24. The Morgan fingerprint density at radius 2 is 2.30 bits per heavy atom. The molecule has 0 spiro atoms. The fourth-order valence-corrected chi connectivity index (χ4v) is 4.87. The largest absolute Gasteiger partial charge is 0.535 e. The molecule has 23 heavy (non-hydrogen) atoms. The number of hydrogen-bond donors (Lipinski definition) is 2. The zero-order valence-corrected chi connectivity index (χ0v) is 13.7. The van der Waals surface area contributed by atoms with Gasteiger partial charge in [-0.25, -0.2) is 4.79 Å². The third kappa shape index (κ3) is 2.64. The summed E-state index contributed by atoms with van der Waals surface area (Å²) >= 11 is 1.56. The highest BCUT2D eigenvalue weighted by molar-refractivity contribution is 8.00. The Kier molecular flexibility index (Phi) is 3.82. The molecular weight excluding hydrogens is 315 g/mol. The first-order valence-corrected chi connectivity index (χ1v) is 8.93. The maximum absolute atomic E-state index is 11.8. The van der Waals surface area contributed by atoms with E-state index < -0.39 is 13.1 Å². The summed E-state index contributed by atoms with van der Waals surface area (Å²) in [4.78, 5) is 12.5. The average Bonchev–Trinajstić information content (AvgIpc) is 3.13. The van der Waals surface area contributed by atoms with Crippen LogP contribution in [0, 0.1) is 5.92 Å². The SMILES string of the molecule is C[C@@H](Sc1ccc2c(c1C(=O)O)OB(O)[C@H]1CC21)[C@H]1CCOC1. The second kappa shape index (κ2) is 5.72. The highest BCUT2D eigenvalue weighted by Crippen LogP contribution is 2.60. The number of carbonyl (C=O) groups is 1. The monoisotopic (exact) mass is 334 g/mol. The molecule has 3 aliphatic rings. The molecule has 7 heteroatoms. The van der Waals surface area contributed by atoms with Crippen molar-refractivity contribution in [1.29, 1.82) is 0 Å². The van der Waals surface area contributed by atoms with Crippen LogP contribution in [-0.2, 0) is 4.74 Å². The Labute approximate surface area is 139 Å². The molecule has 0 radical (unpaired) electrons. The minimum Gasteiger partial charge on any atom is -0.535 e. The summed E-state index contributed by atoms with van der Waals surface area (Å²) in [6.07, 6.45) is 1.88. The molecule has 2 aliphatic heterocycles. The van der Waals surface area contributed by atoms with Gasteiger partial charge in [0.25, 0.3) is 0 Å². The van der Waals surface area contributed by atoms with Crippen LogP contribution in [-0.4, -0.2) is 41.7 Å². The number of benzene rings is 1. The molecule has 5 nitrogen and oxygen atoms in total. The Balaban J connectivity index is 1.67. The summed E-state index contributed by atoms with van der Waals surface area (Å²) in [7, 11) is -0.883. The van der Waals surface area contributed by atoms with Gasteiger partial charge in [-0.2, -0.15) is 0 Å². The van der Waals surface area contributed by atoms with Crippen LogP contribution in [0.5, 0.6) is 5.75 Å². The molecule has 1 aromatic rings. The number of hydrogen-bond acceptors (Lipinski definition) is 5. The number of carboxylic acids is 1. The summed E-state index contributed by atoms with van der Waals surface area (Å²) in [6.45, 7) is 3.63. The van der Waals surface area contributed by atoms with Crippen molar-refractivity contribution in [2.24, 2.45) is 5.92 Å². The molecule has 1 unspecified atom stereocenters. The van der Waals surface area contributed by atoms with Gasteiger partial charge in [0.1, 0.15) is 11.3 Å². The third-order valence-corrected chi connectivity index (χ3v) is 6.50. The van der Waals surface area contributed by atoms with Crippen LogP contribution in [0.4, 0.5) is 0 Å². The molecule has 0 amide bonds. The molecular formula is C16H19BO5S. The highest BCUT2D eigenvalue weighted by Gasteiger charge is 2.54. The highest BCUT2D eigenvalue weighted by atomic mass is 32.2. The molecule has 1 aliphatic carbocycles. The Hall–Kier alpha value is -1.18. The summed E-state index contributed by atoms with van der Waals surface area (Å²) in [5, 5.41) is 19.9. The predicted octanol–water partition coefficient (Wildman–Crippen LogP) is 2.63. The van der Waals surface area contributed by atoms with Crippen LogP contribution in [0.1, 0.15) is 41.6 Å². The lowest BCUT2D eigenvalue weighted by molar-refractivity contribution is 0.0690. The molecule has 2 heterocycles. The van der Waals surface area contributed by atoms with Crippen molar-refractivity contribution >= 4 is 24.8 Å². The minimum absolute atomic E-state index is 0.122. The van der Waals surface area contributed by atoms with E-state index in [0.29, 0.717) is 16.6 Å². The zero-order chi connectivity index (χ0) is 16.1. The average molecular weight is 334 g/mol. The number of fused-ring (bicyclic) bond motifs is 3. The van der Waals surface area contributed by atoms with E-state index in [4.69, 9.17) is 9.39 Å². The predicted molar refractivity (Wildman–Crippen MR) is 87.4 cm³/mol. The van der Waals surface area contributed by atoms with Gasteiger partial charge in [-0.05, 0) is 36.3 Å². The topological polar surface area (TPSA) is 76.0 Å². The number of ether oxygens (including phenoxy) is 1. The molecule has 1 saturated heterocycles. The maximum Gasteiger partial charge on any atom is 0.526 e. The van der Waals surface area contributed by atoms with Crippen LogP contribution >= 0.6 is 11.8 Å². The molecule has 4 atom stereocenters. The molecule has 0 aromatic heterocycles. The molecule has 4 rings (SSSR count). The Morgan fingerprint density at radius 1 is 1.48 bits per heavy atom. The molecule has 1 aromatic carbocycles. The van der Waals surface area contributed by atoms with Crippen LogP contribution < -0.4 is 4.65 Å². The lowest BCUT2D eigenvalue weighted by atomic mass is 9.77. The first-order chi connectivity index (χ1) is 11.1. The standard InChI is InChI=1S/C16H19BO5S/c1-8(9-4-5-21-7-9)23-13-3-2-10-11-6-12(11)17(20)22-15(10)14(13)16(18)19/h2-3,8-9,11-12,20H,4-7H2,1H3,(H,18,19)/t8-,9+,11?,12+/m1/s1. The van der Waals surface area contributed by atoms with Crippen LogP contribution in [0.25, 0.3) is 0 Å². The van der Waals surface area contributed by atoms with Gasteiger partial charge in [0.2, 0.25) is 0 Å². The van der Waals surface area contributed by atoms with Crippen molar-refractivity contribution < 1.29 is 24.3 Å². The van der Waals surface area contributed by atoms with Crippen molar-refractivity contribution in [3.63, 3.8) is 0 Å². The third-order valence-electron chi connectivity index (χ3n) is 5.15. The van der Waals surface area contributed by atoms with E-state index in [1.807, 2.05) is 12.1 Å². The second-order valence-corrected chi connectivity index (χ2v) is 8.04. The van der Waals surface area contributed by atoms with Gasteiger partial charge < -0.3 is 19.5 Å². The van der Waals surface area contributed by atoms with E-state index in [1.165, 1.54) is 0 Å². The van der Waals surface area contributed by atoms with Gasteiger partial charge in [-0.1, -0.05) is 13.0 Å². The van der Waals surface area contributed by atoms with Crippen molar-refractivity contribution in [2.75, 3.05) is 13.2 Å². The fraction of sp³-hybridized carbons (Fsp3) is 0.562. The number of aromatic carboxylic acids is 1. The number of thioether (sulfide) groups is 1. The van der Waals surface area contributed by atoms with Gasteiger partial charge in [0.15, 0.2) is 0 Å². The van der Waals surface area contributed by atoms with Crippen molar-refractivity contribution in [1.82, 2.24) is 0 Å². The zero-order valence-electron chi connectivity index (χ0n) is 12.9. The molecule has 2 fully saturated rings. The normalized spacial score (nSPS) is 29.5. The van der Waals surface area contributed by atoms with E-state index in [0.717, 1.165) is 31.6 Å². The first kappa shape index (κ1) is 15.4. The van der Waals surface area contributed by atoms with Crippen molar-refractivity contribution in [3.8, 4) is 5.75 Å². The lowest BCUT2D eigenvalue weighted by Crippen LogP contribution is -2.27. The van der Waals surface area contributed by atoms with E-state index in [1.54, 1.807) is 11.8 Å². The maximum atomic E-state index is 11.8. The van der Waals surface area contributed by atoms with E-state index in [9.17, 15) is 14.9 Å². The molecule has 2 N–H and O–H groups in total. The van der Waals surface area contributed by atoms with E-state index >= 15 is 0 Å². The second-order valence-electron chi connectivity index (χ2n) is 6.62. The van der Waals surface area contributed by atoms with Gasteiger partial charge >= 0.3 is 13.1 Å². The van der Waals surface area contributed by atoms with Gasteiger partial charge in [0.05, 0.1) is 6.61 Å². The quantitative estimate of drug-likeness (QED) is 0.651. The molecule has 122 valence electrons. The molecule has 0 bridgehead atoms. The van der Waals surface area contributed by atoms with Crippen LogP contribution in [0.2, 0.25) is 5.82 Å². The van der Waals surface area contributed by atoms with E-state index in [2.05, 4.69) is 6.92 Å². The van der Waals surface area contributed by atoms with Crippen LogP contribution in [0.3, 0.4) is 0 Å². The summed E-state index contributed by atoms with van der Waals surface area (Å²) in [6, 6.07) is 3.87. The minimum atomic E-state index is -0.995. The Bertz CT molecular complexity index is 646. The van der Waals surface area contributed by atoms with Gasteiger partial charge in [-0.15, -0.1) is 11.8 Å². The van der Waals surface area contributed by atoms with Gasteiger partial charge in [0, 0.05) is 22.6 Å². The first-order valence-electron chi connectivity index (χ1n) is 8.05. The Morgan fingerprint density at radius 3 is 3.00 bits per heavy atom. The van der Waals surface area contributed by atoms with Crippen LogP contribution in [0.15, 0.2) is 17.0 Å². The summed E-state index contributed by atoms with van der Waals surface area (Å²) < 4.78 is 11.0. The number of carboxylic acid groups (broad SMARTS) is 1. The smallest absolute Gasteiger partial charge is 0.526 e.